The summed E-state index contributed by atoms with van der Waals surface area (Å²) in [6.45, 7) is 4.70. The van der Waals surface area contributed by atoms with E-state index in [0.717, 1.165) is 22.7 Å². The van der Waals surface area contributed by atoms with Crippen molar-refractivity contribution in [3.63, 3.8) is 0 Å². The number of methoxy groups -OCH3 is 1. The number of carbonyl (C=O) groups is 1. The highest BCUT2D eigenvalue weighted by Gasteiger charge is 2.17. The Kier molecular flexibility index (Phi) is 9.01. The van der Waals surface area contributed by atoms with Gasteiger partial charge in [0.15, 0.2) is 0 Å². The lowest BCUT2D eigenvalue weighted by Crippen LogP contribution is -2.36. The van der Waals surface area contributed by atoms with E-state index in [1.165, 1.54) is 0 Å². The van der Waals surface area contributed by atoms with Crippen LogP contribution < -0.4 is 10.1 Å². The second-order valence-electron chi connectivity index (χ2n) is 7.35. The van der Waals surface area contributed by atoms with Crippen LogP contribution in [0.5, 0.6) is 5.75 Å². The van der Waals surface area contributed by atoms with Crippen LogP contribution in [0.4, 0.5) is 10.5 Å². The normalized spacial score (nSPS) is 10.7. The van der Waals surface area contributed by atoms with Crippen molar-refractivity contribution in [1.82, 2.24) is 9.47 Å². The van der Waals surface area contributed by atoms with Crippen LogP contribution in [0.1, 0.15) is 24.6 Å². The Hall–Kier alpha value is -2.96. The summed E-state index contributed by atoms with van der Waals surface area (Å²) in [6.07, 6.45) is 2.75. The molecule has 3 aromatic rings. The van der Waals surface area contributed by atoms with Gasteiger partial charge in [-0.25, -0.2) is 4.79 Å². The Labute approximate surface area is 194 Å². The van der Waals surface area contributed by atoms with Crippen LogP contribution in [0, 0.1) is 0 Å². The minimum Gasteiger partial charge on any atom is -0.492 e. The van der Waals surface area contributed by atoms with Crippen LogP contribution in [-0.4, -0.2) is 42.4 Å². The van der Waals surface area contributed by atoms with E-state index in [0.29, 0.717) is 44.3 Å². The van der Waals surface area contributed by atoms with Gasteiger partial charge in [-0.05, 0) is 49.2 Å². The van der Waals surface area contributed by atoms with Crippen LogP contribution in [0.2, 0.25) is 5.02 Å². The molecule has 0 fully saturated rings. The number of carbonyl (C=O) groups excluding carboxylic acids is 1. The minimum absolute atomic E-state index is 0.182. The Morgan fingerprint density at radius 2 is 1.88 bits per heavy atom. The molecule has 1 aromatic heterocycles. The molecular weight excluding hydrogens is 426 g/mol. The van der Waals surface area contributed by atoms with E-state index in [2.05, 4.69) is 9.88 Å². The summed E-state index contributed by atoms with van der Waals surface area (Å²) in [6, 6.07) is 19.1. The third-order valence-electron chi connectivity index (χ3n) is 5.07. The van der Waals surface area contributed by atoms with Crippen molar-refractivity contribution < 1.29 is 14.3 Å². The zero-order chi connectivity index (χ0) is 22.8. The molecule has 0 radical (unpaired) electrons. The highest BCUT2D eigenvalue weighted by Crippen LogP contribution is 2.24. The van der Waals surface area contributed by atoms with E-state index < -0.39 is 0 Å². The molecule has 170 valence electrons. The number of aromatic nitrogens is 1. The molecule has 32 heavy (non-hydrogen) atoms. The van der Waals surface area contributed by atoms with Gasteiger partial charge in [-0.3, -0.25) is 0 Å². The summed E-state index contributed by atoms with van der Waals surface area (Å²) < 4.78 is 13.0. The molecular formula is C25H30ClN3O3. The van der Waals surface area contributed by atoms with E-state index in [1.54, 1.807) is 12.0 Å². The fourth-order valence-corrected chi connectivity index (χ4v) is 3.65. The third kappa shape index (κ3) is 6.52. The molecule has 7 heteroatoms. The standard InChI is InChI=1S/C25H30ClN3O3/c1-3-32-24-14-7-6-13-23(24)27-25(30)29(16-9-17-31-2)19-21-11-8-15-28(21)18-20-10-4-5-12-22(20)26/h4-8,10-15H,3,9,16-19H2,1-2H3,(H,27,30). The van der Waals surface area contributed by atoms with Gasteiger partial charge in [0, 0.05) is 43.7 Å². The van der Waals surface area contributed by atoms with Crippen LogP contribution in [0.3, 0.4) is 0 Å². The van der Waals surface area contributed by atoms with Crippen molar-refractivity contribution in [1.29, 1.82) is 0 Å². The van der Waals surface area contributed by atoms with Gasteiger partial charge < -0.3 is 24.3 Å². The van der Waals surface area contributed by atoms with Gasteiger partial charge in [0.1, 0.15) is 5.75 Å². The molecule has 0 aliphatic carbocycles. The van der Waals surface area contributed by atoms with Gasteiger partial charge in [-0.2, -0.15) is 0 Å². The number of amides is 2. The predicted octanol–water partition coefficient (Wildman–Crippen LogP) is 5.66. The molecule has 0 aliphatic heterocycles. The zero-order valence-electron chi connectivity index (χ0n) is 18.6. The summed E-state index contributed by atoms with van der Waals surface area (Å²) in [4.78, 5) is 15.0. The van der Waals surface area contributed by atoms with Gasteiger partial charge in [0.25, 0.3) is 0 Å². The van der Waals surface area contributed by atoms with Crippen molar-refractivity contribution in [2.75, 3.05) is 32.2 Å². The van der Waals surface area contributed by atoms with Crippen molar-refractivity contribution in [3.05, 3.63) is 83.1 Å². The average Bonchev–Trinajstić information content (AvgIpc) is 3.23. The van der Waals surface area contributed by atoms with Crippen LogP contribution in [0.25, 0.3) is 0 Å². The molecule has 2 aromatic carbocycles. The van der Waals surface area contributed by atoms with Gasteiger partial charge in [-0.15, -0.1) is 0 Å². The maximum atomic E-state index is 13.2. The number of para-hydroxylation sites is 2. The third-order valence-corrected chi connectivity index (χ3v) is 5.44. The van der Waals surface area contributed by atoms with E-state index >= 15 is 0 Å². The summed E-state index contributed by atoms with van der Waals surface area (Å²) in [5.74, 6) is 0.655. The van der Waals surface area contributed by atoms with E-state index in [-0.39, 0.29) is 6.03 Å². The maximum Gasteiger partial charge on any atom is 0.322 e. The lowest BCUT2D eigenvalue weighted by atomic mass is 10.2. The number of hydrogen-bond acceptors (Lipinski definition) is 3. The number of hydrogen-bond donors (Lipinski definition) is 1. The highest BCUT2D eigenvalue weighted by molar-refractivity contribution is 6.31. The lowest BCUT2D eigenvalue weighted by Gasteiger charge is -2.24. The van der Waals surface area contributed by atoms with Crippen molar-refractivity contribution >= 4 is 23.3 Å². The number of halogens is 1. The lowest BCUT2D eigenvalue weighted by molar-refractivity contribution is 0.171. The number of anilines is 1. The van der Waals surface area contributed by atoms with E-state index in [1.807, 2.05) is 73.8 Å². The molecule has 1 heterocycles. The number of urea groups is 1. The topological polar surface area (TPSA) is 55.7 Å². The smallest absolute Gasteiger partial charge is 0.322 e. The zero-order valence-corrected chi connectivity index (χ0v) is 19.3. The number of rotatable bonds is 11. The van der Waals surface area contributed by atoms with Crippen molar-refractivity contribution in [2.24, 2.45) is 0 Å². The summed E-state index contributed by atoms with van der Waals surface area (Å²) in [5.41, 5.74) is 2.71. The van der Waals surface area contributed by atoms with Crippen LogP contribution in [-0.2, 0) is 17.8 Å². The first-order chi connectivity index (χ1) is 15.6. The molecule has 6 nitrogen and oxygen atoms in total. The second-order valence-corrected chi connectivity index (χ2v) is 7.75. The van der Waals surface area contributed by atoms with Crippen LogP contribution in [0.15, 0.2) is 66.9 Å². The number of benzene rings is 2. The maximum absolute atomic E-state index is 13.2. The fraction of sp³-hybridized carbons (Fsp3) is 0.320. The molecule has 3 rings (SSSR count). The van der Waals surface area contributed by atoms with Gasteiger partial charge in [0.2, 0.25) is 0 Å². The number of nitrogens with zero attached hydrogens (tertiary/aromatic N) is 2. The summed E-state index contributed by atoms with van der Waals surface area (Å²) >= 11 is 6.35. The molecule has 0 atom stereocenters. The monoisotopic (exact) mass is 455 g/mol. The first-order valence-electron chi connectivity index (χ1n) is 10.8. The number of ether oxygens (including phenoxy) is 2. The molecule has 0 aliphatic rings. The molecule has 0 saturated carbocycles. The predicted molar refractivity (Wildman–Crippen MR) is 129 cm³/mol. The van der Waals surface area contributed by atoms with Gasteiger partial charge >= 0.3 is 6.03 Å². The first-order valence-corrected chi connectivity index (χ1v) is 11.1. The Balaban J connectivity index is 1.76. The molecule has 0 spiro atoms. The van der Waals surface area contributed by atoms with Gasteiger partial charge in [0.05, 0.1) is 18.8 Å². The van der Waals surface area contributed by atoms with E-state index in [4.69, 9.17) is 21.1 Å². The molecule has 1 N–H and O–H groups in total. The Bertz CT molecular complexity index is 1010. The number of nitrogens with one attached hydrogen (secondary N) is 1. The quantitative estimate of drug-likeness (QED) is 0.379. The SMILES string of the molecule is CCOc1ccccc1NC(=O)N(CCCOC)Cc1cccn1Cc1ccccc1Cl. The van der Waals surface area contributed by atoms with Crippen LogP contribution >= 0.6 is 11.6 Å². The fourth-order valence-electron chi connectivity index (χ4n) is 3.45. The summed E-state index contributed by atoms with van der Waals surface area (Å²) in [7, 11) is 1.66. The highest BCUT2D eigenvalue weighted by atomic mass is 35.5. The Morgan fingerprint density at radius 3 is 2.66 bits per heavy atom. The van der Waals surface area contributed by atoms with Crippen molar-refractivity contribution in [2.45, 2.75) is 26.4 Å². The molecule has 0 unspecified atom stereocenters. The molecule has 0 saturated heterocycles. The largest absolute Gasteiger partial charge is 0.492 e. The minimum atomic E-state index is -0.182. The Morgan fingerprint density at radius 1 is 1.09 bits per heavy atom. The van der Waals surface area contributed by atoms with Gasteiger partial charge in [-0.1, -0.05) is 41.9 Å². The first kappa shape index (κ1) is 23.7. The van der Waals surface area contributed by atoms with Crippen molar-refractivity contribution in [3.8, 4) is 5.75 Å². The average molecular weight is 456 g/mol. The van der Waals surface area contributed by atoms with E-state index in [9.17, 15) is 4.79 Å². The summed E-state index contributed by atoms with van der Waals surface area (Å²) in [5, 5.41) is 3.73. The molecule has 2 amide bonds. The molecule has 0 bridgehead atoms. The second kappa shape index (κ2) is 12.2.